The van der Waals surface area contributed by atoms with E-state index in [9.17, 15) is 14.4 Å². The molecule has 1 saturated heterocycles. The average molecular weight is 465 g/mol. The molecule has 34 heavy (non-hydrogen) atoms. The van der Waals surface area contributed by atoms with Crippen LogP contribution in [0.3, 0.4) is 0 Å². The Bertz CT molecular complexity index is 1110. The maximum atomic E-state index is 13.2. The first-order chi connectivity index (χ1) is 16.3. The average Bonchev–Trinajstić information content (AvgIpc) is 2.80. The van der Waals surface area contributed by atoms with Gasteiger partial charge < -0.3 is 9.47 Å². The van der Waals surface area contributed by atoms with Gasteiger partial charge in [-0.3, -0.25) is 14.9 Å². The van der Waals surface area contributed by atoms with Crippen LogP contribution in [-0.2, 0) is 9.59 Å². The molecule has 0 radical (unpaired) electrons. The number of amides is 4. The van der Waals surface area contributed by atoms with Crippen molar-refractivity contribution in [2.75, 3.05) is 18.1 Å². The fourth-order valence-electron chi connectivity index (χ4n) is 3.64. The minimum atomic E-state index is -0.766. The molecule has 7 heteroatoms. The molecule has 4 amide bonds. The monoisotopic (exact) mass is 464 g/mol. The zero-order valence-corrected chi connectivity index (χ0v) is 20.3. The number of rotatable bonds is 10. The van der Waals surface area contributed by atoms with E-state index in [1.807, 2.05) is 26.8 Å². The smallest absolute Gasteiger partial charge is 0.335 e. The fourth-order valence-corrected chi connectivity index (χ4v) is 3.64. The number of ether oxygens (including phenoxy) is 2. The molecule has 1 fully saturated rings. The lowest BCUT2D eigenvalue weighted by atomic mass is 10.0. The summed E-state index contributed by atoms with van der Waals surface area (Å²) in [6.07, 6.45) is 5.86. The van der Waals surface area contributed by atoms with E-state index in [1.54, 1.807) is 30.3 Å². The van der Waals surface area contributed by atoms with E-state index < -0.39 is 17.8 Å². The molecule has 0 bridgehead atoms. The number of carbonyl (C=O) groups is 3. The van der Waals surface area contributed by atoms with Crippen molar-refractivity contribution in [2.45, 2.75) is 53.4 Å². The predicted molar refractivity (Wildman–Crippen MR) is 132 cm³/mol. The van der Waals surface area contributed by atoms with Crippen LogP contribution in [0.4, 0.5) is 10.5 Å². The van der Waals surface area contributed by atoms with Crippen molar-refractivity contribution in [3.8, 4) is 11.5 Å². The maximum Gasteiger partial charge on any atom is 0.335 e. The summed E-state index contributed by atoms with van der Waals surface area (Å²) < 4.78 is 11.6. The first kappa shape index (κ1) is 25.0. The number of benzene rings is 2. The third-order valence-corrected chi connectivity index (χ3v) is 5.68. The zero-order chi connectivity index (χ0) is 24.7. The Morgan fingerprint density at radius 1 is 0.882 bits per heavy atom. The highest BCUT2D eigenvalue weighted by atomic mass is 16.5. The number of barbiturate groups is 1. The van der Waals surface area contributed by atoms with E-state index in [0.29, 0.717) is 36.0 Å². The fraction of sp³-hybridized carbons (Fsp3) is 0.370. The Morgan fingerprint density at radius 2 is 1.68 bits per heavy atom. The summed E-state index contributed by atoms with van der Waals surface area (Å²) in [6.45, 7) is 8.92. The highest BCUT2D eigenvalue weighted by Crippen LogP contribution is 2.31. The number of hydrogen-bond donors (Lipinski definition) is 1. The number of imide groups is 2. The van der Waals surface area contributed by atoms with E-state index >= 15 is 0 Å². The van der Waals surface area contributed by atoms with Crippen LogP contribution < -0.4 is 19.7 Å². The molecular weight excluding hydrogens is 432 g/mol. The van der Waals surface area contributed by atoms with Crippen molar-refractivity contribution in [3.63, 3.8) is 0 Å². The molecule has 1 heterocycles. The van der Waals surface area contributed by atoms with Gasteiger partial charge in [0.15, 0.2) is 11.5 Å². The lowest BCUT2D eigenvalue weighted by molar-refractivity contribution is -0.122. The van der Waals surface area contributed by atoms with Crippen LogP contribution in [0.15, 0.2) is 42.0 Å². The van der Waals surface area contributed by atoms with Crippen LogP contribution >= 0.6 is 0 Å². The second kappa shape index (κ2) is 11.5. The Hall–Kier alpha value is -3.61. The molecule has 0 aromatic heterocycles. The molecule has 3 rings (SSSR count). The molecule has 0 atom stereocenters. The molecule has 0 aliphatic carbocycles. The summed E-state index contributed by atoms with van der Waals surface area (Å²) in [6, 6.07) is 9.77. The minimum absolute atomic E-state index is 0.131. The number of urea groups is 1. The summed E-state index contributed by atoms with van der Waals surface area (Å²) in [4.78, 5) is 39.1. The molecule has 2 aromatic carbocycles. The summed E-state index contributed by atoms with van der Waals surface area (Å²) in [7, 11) is 0. The van der Waals surface area contributed by atoms with Crippen LogP contribution in [0.5, 0.6) is 11.5 Å². The Labute approximate surface area is 200 Å². The molecule has 0 unspecified atom stereocenters. The molecular formula is C27H32N2O5. The van der Waals surface area contributed by atoms with E-state index in [2.05, 4.69) is 12.2 Å². The topological polar surface area (TPSA) is 84.9 Å². The molecule has 2 aromatic rings. The third-order valence-electron chi connectivity index (χ3n) is 5.68. The summed E-state index contributed by atoms with van der Waals surface area (Å²) >= 11 is 0. The van der Waals surface area contributed by atoms with Crippen LogP contribution in [0.1, 0.15) is 56.2 Å². The lowest BCUT2D eigenvalue weighted by Crippen LogP contribution is -2.54. The summed E-state index contributed by atoms with van der Waals surface area (Å²) in [5, 5.41) is 2.26. The van der Waals surface area contributed by atoms with Crippen LogP contribution in [-0.4, -0.2) is 31.1 Å². The normalized spacial score (nSPS) is 15.0. The second-order valence-corrected chi connectivity index (χ2v) is 8.27. The Balaban J connectivity index is 1.86. The van der Waals surface area contributed by atoms with Crippen molar-refractivity contribution in [2.24, 2.45) is 0 Å². The third kappa shape index (κ3) is 5.84. The summed E-state index contributed by atoms with van der Waals surface area (Å²) in [5.74, 6) is -0.250. The van der Waals surface area contributed by atoms with Crippen molar-refractivity contribution in [1.29, 1.82) is 0 Å². The Kier molecular flexibility index (Phi) is 8.46. The van der Waals surface area contributed by atoms with E-state index in [4.69, 9.17) is 9.47 Å². The van der Waals surface area contributed by atoms with Gasteiger partial charge in [-0.1, -0.05) is 38.3 Å². The molecule has 0 spiro atoms. The van der Waals surface area contributed by atoms with Gasteiger partial charge in [-0.05, 0) is 74.2 Å². The van der Waals surface area contributed by atoms with Gasteiger partial charge in [0.2, 0.25) is 0 Å². The number of aryl methyl sites for hydroxylation is 2. The zero-order valence-electron chi connectivity index (χ0n) is 20.3. The van der Waals surface area contributed by atoms with Gasteiger partial charge in [-0.15, -0.1) is 0 Å². The molecule has 180 valence electrons. The van der Waals surface area contributed by atoms with E-state index in [-0.39, 0.29) is 5.57 Å². The Morgan fingerprint density at radius 3 is 2.38 bits per heavy atom. The van der Waals surface area contributed by atoms with Gasteiger partial charge in [-0.25, -0.2) is 9.69 Å². The molecule has 0 saturated carbocycles. The van der Waals surface area contributed by atoms with Crippen molar-refractivity contribution in [3.05, 3.63) is 58.7 Å². The number of unbranched alkanes of at least 4 members (excludes halogenated alkanes) is 3. The molecule has 7 nitrogen and oxygen atoms in total. The van der Waals surface area contributed by atoms with Gasteiger partial charge in [0, 0.05) is 0 Å². The lowest BCUT2D eigenvalue weighted by Gasteiger charge is -2.27. The first-order valence-electron chi connectivity index (χ1n) is 11.7. The van der Waals surface area contributed by atoms with Crippen LogP contribution in [0, 0.1) is 13.8 Å². The first-order valence-corrected chi connectivity index (χ1v) is 11.7. The number of hydrogen-bond acceptors (Lipinski definition) is 5. The molecule has 1 aliphatic rings. The van der Waals surface area contributed by atoms with Gasteiger partial charge in [0.25, 0.3) is 11.8 Å². The number of carbonyl (C=O) groups excluding carboxylic acids is 3. The number of nitrogens with zero attached hydrogens (tertiary/aromatic N) is 1. The van der Waals surface area contributed by atoms with E-state index in [0.717, 1.165) is 35.3 Å². The largest absolute Gasteiger partial charge is 0.490 e. The standard InChI is InChI=1S/C27H32N2O5/c1-5-7-8-9-14-34-23-13-11-20(17-24(23)33-6-2)16-22-25(30)28-27(32)29(26(22)31)21-12-10-18(3)19(4)15-21/h10-13,15-17H,5-9,14H2,1-4H3,(H,28,30,32)/b22-16-. The number of anilines is 1. The van der Waals surface area contributed by atoms with Gasteiger partial charge in [0.05, 0.1) is 18.9 Å². The van der Waals surface area contributed by atoms with Crippen molar-refractivity contribution >= 4 is 29.6 Å². The van der Waals surface area contributed by atoms with Gasteiger partial charge >= 0.3 is 6.03 Å². The van der Waals surface area contributed by atoms with Crippen LogP contribution in [0.25, 0.3) is 6.08 Å². The van der Waals surface area contributed by atoms with Gasteiger partial charge in [0.1, 0.15) is 5.57 Å². The van der Waals surface area contributed by atoms with Crippen molar-refractivity contribution < 1.29 is 23.9 Å². The highest BCUT2D eigenvalue weighted by molar-refractivity contribution is 6.39. The quantitative estimate of drug-likeness (QED) is 0.292. The molecule has 1 aliphatic heterocycles. The summed E-state index contributed by atoms with van der Waals surface area (Å²) in [5.41, 5.74) is 2.85. The van der Waals surface area contributed by atoms with E-state index in [1.165, 1.54) is 12.5 Å². The second-order valence-electron chi connectivity index (χ2n) is 8.27. The van der Waals surface area contributed by atoms with Crippen molar-refractivity contribution in [1.82, 2.24) is 5.32 Å². The van der Waals surface area contributed by atoms with Crippen LogP contribution in [0.2, 0.25) is 0 Å². The molecule has 1 N–H and O–H groups in total. The minimum Gasteiger partial charge on any atom is -0.490 e. The SMILES string of the molecule is CCCCCCOc1ccc(/C=C2/C(=O)NC(=O)N(c3ccc(C)c(C)c3)C2=O)cc1OCC. The van der Waals surface area contributed by atoms with Gasteiger partial charge in [-0.2, -0.15) is 0 Å². The maximum absolute atomic E-state index is 13.2. The predicted octanol–water partition coefficient (Wildman–Crippen LogP) is 5.33. The number of nitrogens with one attached hydrogen (secondary N) is 1. The highest BCUT2D eigenvalue weighted by Gasteiger charge is 2.36.